The van der Waals surface area contributed by atoms with Gasteiger partial charge in [-0.3, -0.25) is 0 Å². The van der Waals surface area contributed by atoms with Crippen molar-refractivity contribution in [3.8, 4) is 0 Å². The van der Waals surface area contributed by atoms with Gasteiger partial charge in [-0.15, -0.1) is 5.79 Å². The Morgan fingerprint density at radius 3 is 2.40 bits per heavy atom. The Labute approximate surface area is 39.0 Å². The highest BCUT2D eigenvalue weighted by atomic mass is 27.1. The van der Waals surface area contributed by atoms with Gasteiger partial charge in [0.2, 0.25) is 15.2 Å². The summed E-state index contributed by atoms with van der Waals surface area (Å²) in [5.74, 6) is 2.17. The summed E-state index contributed by atoms with van der Waals surface area (Å²) in [6.45, 7) is 0. The van der Waals surface area contributed by atoms with Crippen molar-refractivity contribution >= 4 is 15.2 Å². The Morgan fingerprint density at radius 1 is 1.80 bits per heavy atom. The lowest BCUT2D eigenvalue weighted by atomic mass is 11.5. The second-order valence-corrected chi connectivity index (χ2v) is 2.01. The standard InChI is InChI=1S/C2H5O.CH3.Al/c1-3-2;;/h1H2,2H3;1H3;. The molecule has 0 bridgehead atoms. The zero-order valence-corrected chi connectivity index (χ0v) is 4.85. The molecular formula is C3H8AlO. The molecule has 2 heteroatoms. The van der Waals surface area contributed by atoms with E-state index in [4.69, 9.17) is 4.74 Å². The summed E-state index contributed by atoms with van der Waals surface area (Å²) in [6, 6.07) is 0. The second-order valence-electron chi connectivity index (χ2n) is 0.864. The molecule has 0 aromatic rings. The monoisotopic (exact) mass is 87.0 g/mol. The van der Waals surface area contributed by atoms with E-state index in [2.05, 4.69) is 5.79 Å². The van der Waals surface area contributed by atoms with Gasteiger partial charge in [0.1, 0.15) is 0 Å². The first kappa shape index (κ1) is 5.49. The topological polar surface area (TPSA) is 9.23 Å². The third-order valence-electron chi connectivity index (χ3n) is 0.333. The predicted molar refractivity (Wildman–Crippen MR) is 23.5 cm³/mol. The summed E-state index contributed by atoms with van der Waals surface area (Å²) in [5, 5.41) is 0. The van der Waals surface area contributed by atoms with Gasteiger partial charge in [0.25, 0.3) is 0 Å². The van der Waals surface area contributed by atoms with Crippen LogP contribution in [0, 0.1) is 0 Å². The molecule has 0 N–H and O–H groups in total. The van der Waals surface area contributed by atoms with E-state index in [-0.39, 0.29) is 0 Å². The minimum atomic E-state index is 0.564. The van der Waals surface area contributed by atoms with Gasteiger partial charge >= 0.3 is 0 Å². The maximum atomic E-state index is 4.73. The average molecular weight is 87.1 g/mol. The van der Waals surface area contributed by atoms with Crippen LogP contribution in [0.1, 0.15) is 0 Å². The van der Waals surface area contributed by atoms with Crippen LogP contribution in [-0.2, 0) is 4.74 Å². The normalized spacial score (nSPS) is 7.60. The minimum absolute atomic E-state index is 0.564. The van der Waals surface area contributed by atoms with Gasteiger partial charge in [-0.1, -0.05) is 0 Å². The van der Waals surface area contributed by atoms with E-state index in [1.54, 1.807) is 7.11 Å². The fourth-order valence-corrected chi connectivity index (χ4v) is 0.500. The van der Waals surface area contributed by atoms with Gasteiger partial charge in [-0.05, 0) is 5.47 Å². The van der Waals surface area contributed by atoms with Gasteiger partial charge in [-0.2, -0.15) is 0 Å². The van der Waals surface area contributed by atoms with Gasteiger partial charge in [-0.25, -0.2) is 0 Å². The van der Waals surface area contributed by atoms with Gasteiger partial charge in [0, 0.05) is 7.11 Å². The summed E-state index contributed by atoms with van der Waals surface area (Å²) >= 11 is 0.564. The molecule has 0 aliphatic carbocycles. The van der Waals surface area contributed by atoms with Crippen LogP contribution in [0.4, 0.5) is 0 Å². The molecule has 0 aromatic carbocycles. The number of rotatable bonds is 2. The molecule has 0 saturated carbocycles. The lowest BCUT2D eigenvalue weighted by Gasteiger charge is -1.82. The number of ether oxygens (including phenoxy) is 1. The highest BCUT2D eigenvalue weighted by molar-refractivity contribution is 6.33. The molecular weight excluding hydrogens is 79.0 g/mol. The largest absolute Gasteiger partial charge is 0.401 e. The summed E-state index contributed by atoms with van der Waals surface area (Å²) in [4.78, 5) is 0. The van der Waals surface area contributed by atoms with E-state index in [9.17, 15) is 0 Å². The molecule has 0 aliphatic rings. The first-order chi connectivity index (χ1) is 2.41. The number of hydrogen-bond acceptors (Lipinski definition) is 1. The van der Waals surface area contributed by atoms with Crippen LogP contribution in [0.25, 0.3) is 0 Å². The SMILES string of the molecule is CO[CH2][Al][CH3]. The van der Waals surface area contributed by atoms with Crippen molar-refractivity contribution in [2.24, 2.45) is 0 Å². The maximum Gasteiger partial charge on any atom is 0.239 e. The Hall–Kier alpha value is 0.492. The van der Waals surface area contributed by atoms with E-state index < -0.39 is 0 Å². The molecule has 0 heterocycles. The van der Waals surface area contributed by atoms with Gasteiger partial charge in [0.15, 0.2) is 0 Å². The Bertz CT molecular complexity index is 14.4. The summed E-state index contributed by atoms with van der Waals surface area (Å²) in [7, 11) is 1.73. The van der Waals surface area contributed by atoms with Crippen molar-refractivity contribution in [1.82, 2.24) is 0 Å². The smallest absolute Gasteiger partial charge is 0.239 e. The zero-order chi connectivity index (χ0) is 4.12. The van der Waals surface area contributed by atoms with Crippen molar-refractivity contribution in [3.05, 3.63) is 0 Å². The van der Waals surface area contributed by atoms with E-state index in [0.717, 1.165) is 5.47 Å². The molecule has 0 rings (SSSR count). The molecule has 0 aromatic heterocycles. The van der Waals surface area contributed by atoms with Crippen LogP contribution in [-0.4, -0.2) is 27.8 Å². The van der Waals surface area contributed by atoms with Crippen LogP contribution < -0.4 is 0 Å². The Balaban J connectivity index is 2.19. The summed E-state index contributed by atoms with van der Waals surface area (Å²) in [6.07, 6.45) is 0. The molecule has 1 radical (unpaired) electrons. The van der Waals surface area contributed by atoms with E-state index in [1.165, 1.54) is 0 Å². The molecule has 0 spiro atoms. The quantitative estimate of drug-likeness (QED) is 0.441. The Morgan fingerprint density at radius 2 is 2.40 bits per heavy atom. The summed E-state index contributed by atoms with van der Waals surface area (Å²) in [5.41, 5.74) is 0.972. The van der Waals surface area contributed by atoms with Crippen LogP contribution in [0.3, 0.4) is 0 Å². The average Bonchev–Trinajstić information content (AvgIpc) is 1.41. The first-order valence-electron chi connectivity index (χ1n) is 1.68. The van der Waals surface area contributed by atoms with Crippen LogP contribution >= 0.6 is 0 Å². The van der Waals surface area contributed by atoms with E-state index >= 15 is 0 Å². The highest BCUT2D eigenvalue weighted by Gasteiger charge is 1.72. The van der Waals surface area contributed by atoms with Gasteiger partial charge < -0.3 is 4.74 Å². The molecule has 1 nitrogen and oxygen atoms in total. The molecule has 0 aliphatic heterocycles. The van der Waals surface area contributed by atoms with Crippen LogP contribution in [0.2, 0.25) is 5.79 Å². The third-order valence-corrected chi connectivity index (χ3v) is 1.00. The van der Waals surface area contributed by atoms with E-state index in [0.29, 0.717) is 15.2 Å². The molecule has 29 valence electrons. The van der Waals surface area contributed by atoms with Crippen LogP contribution in [0.15, 0.2) is 0 Å². The Kier molecular flexibility index (Phi) is 4.93. The summed E-state index contributed by atoms with van der Waals surface area (Å²) < 4.78 is 4.73. The van der Waals surface area contributed by atoms with E-state index in [1.807, 2.05) is 0 Å². The zero-order valence-electron chi connectivity index (χ0n) is 3.69. The molecule has 0 atom stereocenters. The number of hydrogen-bond donors (Lipinski definition) is 0. The lowest BCUT2D eigenvalue weighted by molar-refractivity contribution is 0.252. The lowest BCUT2D eigenvalue weighted by Crippen LogP contribution is -1.92. The van der Waals surface area contributed by atoms with Crippen molar-refractivity contribution in [2.75, 3.05) is 12.6 Å². The van der Waals surface area contributed by atoms with Gasteiger partial charge in [0.05, 0.1) is 0 Å². The first-order valence-corrected chi connectivity index (χ1v) is 3.65. The predicted octanol–water partition coefficient (Wildman–Crippen LogP) is 0.343. The minimum Gasteiger partial charge on any atom is -0.401 e. The third kappa shape index (κ3) is 4.49. The highest BCUT2D eigenvalue weighted by Crippen LogP contribution is 1.57. The van der Waals surface area contributed by atoms with Crippen molar-refractivity contribution in [1.29, 1.82) is 0 Å². The maximum absolute atomic E-state index is 4.73. The second kappa shape index (κ2) is 4.49. The molecule has 0 fully saturated rings. The van der Waals surface area contributed by atoms with Crippen LogP contribution in [0.5, 0.6) is 0 Å². The molecule has 0 amide bonds. The van der Waals surface area contributed by atoms with Crippen molar-refractivity contribution in [2.45, 2.75) is 5.79 Å². The van der Waals surface area contributed by atoms with Crippen molar-refractivity contribution < 1.29 is 4.74 Å². The molecule has 5 heavy (non-hydrogen) atoms. The molecule has 0 saturated heterocycles. The fourth-order valence-electron chi connectivity index (χ4n) is 0.167. The fraction of sp³-hybridized carbons (Fsp3) is 1.00. The molecule has 0 unspecified atom stereocenters. The number of methoxy groups -OCH3 is 1. The van der Waals surface area contributed by atoms with Crippen molar-refractivity contribution in [3.63, 3.8) is 0 Å².